The Morgan fingerprint density at radius 2 is 2.16 bits per heavy atom. The summed E-state index contributed by atoms with van der Waals surface area (Å²) in [5.41, 5.74) is 1.45. The van der Waals surface area contributed by atoms with Gasteiger partial charge in [-0.05, 0) is 18.1 Å². The normalized spacial score (nSPS) is 18.4. The van der Waals surface area contributed by atoms with Crippen LogP contribution in [0.2, 0.25) is 0 Å². The van der Waals surface area contributed by atoms with Crippen LogP contribution in [-0.4, -0.2) is 59.2 Å². The third-order valence-corrected chi connectivity index (χ3v) is 4.24. The van der Waals surface area contributed by atoms with Crippen molar-refractivity contribution in [2.24, 2.45) is 5.92 Å². The second-order valence-corrected chi connectivity index (χ2v) is 6.84. The highest BCUT2D eigenvalue weighted by Gasteiger charge is 2.22. The van der Waals surface area contributed by atoms with E-state index in [4.69, 9.17) is 4.74 Å². The van der Waals surface area contributed by atoms with E-state index < -0.39 is 0 Å². The van der Waals surface area contributed by atoms with E-state index in [0.29, 0.717) is 18.2 Å². The molecule has 0 saturated carbocycles. The SMILES string of the molecule is CC(C)CN1CCO[C@@H](CNC(=O)c2cncn2-c2ccccc2)C1. The fourth-order valence-corrected chi connectivity index (χ4v) is 3.14. The molecule has 2 aromatic rings. The molecule has 1 N–H and O–H groups in total. The number of rotatable bonds is 6. The van der Waals surface area contributed by atoms with Crippen LogP contribution >= 0.6 is 0 Å². The maximum Gasteiger partial charge on any atom is 0.270 e. The Morgan fingerprint density at radius 1 is 1.36 bits per heavy atom. The molecule has 6 nitrogen and oxygen atoms in total. The van der Waals surface area contributed by atoms with Gasteiger partial charge in [0, 0.05) is 31.9 Å². The van der Waals surface area contributed by atoms with Crippen molar-refractivity contribution < 1.29 is 9.53 Å². The van der Waals surface area contributed by atoms with Crippen molar-refractivity contribution in [1.29, 1.82) is 0 Å². The fourth-order valence-electron chi connectivity index (χ4n) is 3.14. The zero-order valence-corrected chi connectivity index (χ0v) is 14.9. The lowest BCUT2D eigenvalue weighted by Gasteiger charge is -2.33. The van der Waals surface area contributed by atoms with Crippen LogP contribution < -0.4 is 5.32 Å². The number of nitrogens with zero attached hydrogens (tertiary/aromatic N) is 3. The molecule has 1 aliphatic rings. The first kappa shape index (κ1) is 17.6. The highest BCUT2D eigenvalue weighted by molar-refractivity contribution is 5.93. The molecule has 1 fully saturated rings. The van der Waals surface area contributed by atoms with E-state index in [1.165, 1.54) is 0 Å². The number of para-hydroxylation sites is 1. The van der Waals surface area contributed by atoms with Crippen molar-refractivity contribution in [3.05, 3.63) is 48.5 Å². The second-order valence-electron chi connectivity index (χ2n) is 6.84. The van der Waals surface area contributed by atoms with Crippen LogP contribution in [0.15, 0.2) is 42.9 Å². The van der Waals surface area contributed by atoms with Gasteiger partial charge >= 0.3 is 0 Å². The number of hydrogen-bond acceptors (Lipinski definition) is 4. The molecule has 1 aliphatic heterocycles. The van der Waals surface area contributed by atoms with E-state index in [0.717, 1.165) is 31.9 Å². The molecule has 2 heterocycles. The smallest absolute Gasteiger partial charge is 0.270 e. The Bertz CT molecular complexity index is 684. The van der Waals surface area contributed by atoms with Crippen molar-refractivity contribution in [1.82, 2.24) is 19.8 Å². The number of aromatic nitrogens is 2. The Hall–Kier alpha value is -2.18. The average molecular weight is 342 g/mol. The number of ether oxygens (including phenoxy) is 1. The van der Waals surface area contributed by atoms with Crippen LogP contribution in [0.1, 0.15) is 24.3 Å². The molecule has 1 aromatic carbocycles. The first-order chi connectivity index (χ1) is 12.1. The van der Waals surface area contributed by atoms with Gasteiger partial charge in [0.15, 0.2) is 0 Å². The van der Waals surface area contributed by atoms with Crippen molar-refractivity contribution in [3.8, 4) is 5.69 Å². The molecule has 3 rings (SSSR count). The molecule has 1 atom stereocenters. The van der Waals surface area contributed by atoms with Gasteiger partial charge in [-0.2, -0.15) is 0 Å². The molecule has 0 aliphatic carbocycles. The summed E-state index contributed by atoms with van der Waals surface area (Å²) >= 11 is 0. The lowest BCUT2D eigenvalue weighted by atomic mass is 10.2. The molecule has 134 valence electrons. The van der Waals surface area contributed by atoms with E-state index >= 15 is 0 Å². The van der Waals surface area contributed by atoms with E-state index in [1.54, 1.807) is 17.1 Å². The number of imidazole rings is 1. The first-order valence-electron chi connectivity index (χ1n) is 8.83. The molecule has 25 heavy (non-hydrogen) atoms. The van der Waals surface area contributed by atoms with Gasteiger partial charge in [-0.3, -0.25) is 14.3 Å². The molecule has 6 heteroatoms. The van der Waals surface area contributed by atoms with E-state index in [1.807, 2.05) is 30.3 Å². The summed E-state index contributed by atoms with van der Waals surface area (Å²) in [7, 11) is 0. The summed E-state index contributed by atoms with van der Waals surface area (Å²) in [5.74, 6) is 0.500. The summed E-state index contributed by atoms with van der Waals surface area (Å²) in [6, 6.07) is 9.73. The topological polar surface area (TPSA) is 59.4 Å². The predicted octanol–water partition coefficient (Wildman–Crippen LogP) is 1.96. The summed E-state index contributed by atoms with van der Waals surface area (Å²) < 4.78 is 7.59. The van der Waals surface area contributed by atoms with E-state index in [9.17, 15) is 4.79 Å². The number of carbonyl (C=O) groups is 1. The molecular formula is C19H26N4O2. The number of carbonyl (C=O) groups excluding carboxylic acids is 1. The summed E-state index contributed by atoms with van der Waals surface area (Å²) in [6.45, 7) is 8.55. The van der Waals surface area contributed by atoms with Gasteiger partial charge in [-0.15, -0.1) is 0 Å². The highest BCUT2D eigenvalue weighted by Crippen LogP contribution is 2.11. The van der Waals surface area contributed by atoms with Crippen molar-refractivity contribution >= 4 is 5.91 Å². The van der Waals surface area contributed by atoms with Crippen molar-refractivity contribution in [3.63, 3.8) is 0 Å². The van der Waals surface area contributed by atoms with Gasteiger partial charge in [-0.1, -0.05) is 32.0 Å². The maximum atomic E-state index is 12.6. The first-order valence-corrected chi connectivity index (χ1v) is 8.83. The van der Waals surface area contributed by atoms with Gasteiger partial charge in [0.2, 0.25) is 0 Å². The van der Waals surface area contributed by atoms with E-state index in [-0.39, 0.29) is 12.0 Å². The summed E-state index contributed by atoms with van der Waals surface area (Å²) in [6.07, 6.45) is 3.28. The van der Waals surface area contributed by atoms with Crippen molar-refractivity contribution in [2.75, 3.05) is 32.8 Å². The maximum absolute atomic E-state index is 12.6. The highest BCUT2D eigenvalue weighted by atomic mass is 16.5. The van der Waals surface area contributed by atoms with Gasteiger partial charge < -0.3 is 10.1 Å². The third kappa shape index (κ3) is 4.67. The van der Waals surface area contributed by atoms with Crippen LogP contribution in [-0.2, 0) is 4.74 Å². The van der Waals surface area contributed by atoms with Crippen LogP contribution in [0.25, 0.3) is 5.69 Å². The van der Waals surface area contributed by atoms with E-state index in [2.05, 4.69) is 29.0 Å². The quantitative estimate of drug-likeness (QED) is 0.872. The molecule has 1 aromatic heterocycles. The van der Waals surface area contributed by atoms with Crippen molar-refractivity contribution in [2.45, 2.75) is 20.0 Å². The van der Waals surface area contributed by atoms with Crippen LogP contribution in [0, 0.1) is 5.92 Å². The lowest BCUT2D eigenvalue weighted by molar-refractivity contribution is -0.0296. The minimum atomic E-state index is -0.133. The van der Waals surface area contributed by atoms with Gasteiger partial charge in [0.25, 0.3) is 5.91 Å². The molecule has 0 radical (unpaired) electrons. The standard InChI is InChI=1S/C19H26N4O2/c1-15(2)12-22-8-9-25-17(13-22)10-21-19(24)18-11-20-14-23(18)16-6-4-3-5-7-16/h3-7,11,14-15,17H,8-10,12-13H2,1-2H3,(H,21,24)/t17-/m0/s1. The van der Waals surface area contributed by atoms with Gasteiger partial charge in [0.05, 0.1) is 25.2 Å². The molecule has 0 spiro atoms. The largest absolute Gasteiger partial charge is 0.374 e. The van der Waals surface area contributed by atoms with Crippen LogP contribution in [0.5, 0.6) is 0 Å². The minimum Gasteiger partial charge on any atom is -0.374 e. The zero-order valence-electron chi connectivity index (χ0n) is 14.9. The number of benzene rings is 1. The van der Waals surface area contributed by atoms with Crippen LogP contribution in [0.4, 0.5) is 0 Å². The molecule has 1 amide bonds. The average Bonchev–Trinajstić information content (AvgIpc) is 3.10. The summed E-state index contributed by atoms with van der Waals surface area (Å²) in [5, 5.41) is 2.99. The Kier molecular flexibility index (Phi) is 5.83. The third-order valence-electron chi connectivity index (χ3n) is 4.24. The number of hydrogen-bond donors (Lipinski definition) is 1. The second kappa shape index (κ2) is 8.27. The van der Waals surface area contributed by atoms with Crippen LogP contribution in [0.3, 0.4) is 0 Å². The summed E-state index contributed by atoms with van der Waals surface area (Å²) in [4.78, 5) is 19.1. The number of morpholine rings is 1. The molecule has 1 saturated heterocycles. The fraction of sp³-hybridized carbons (Fsp3) is 0.474. The Morgan fingerprint density at radius 3 is 2.92 bits per heavy atom. The Balaban J connectivity index is 1.58. The monoisotopic (exact) mass is 342 g/mol. The predicted molar refractivity (Wildman–Crippen MR) is 96.9 cm³/mol. The van der Waals surface area contributed by atoms with Gasteiger partial charge in [-0.25, -0.2) is 4.98 Å². The molecular weight excluding hydrogens is 316 g/mol. The zero-order chi connectivity index (χ0) is 17.6. The minimum absolute atomic E-state index is 0.0320. The van der Waals surface area contributed by atoms with Gasteiger partial charge in [0.1, 0.15) is 5.69 Å². The Labute approximate surface area is 148 Å². The molecule has 0 unspecified atom stereocenters. The lowest BCUT2D eigenvalue weighted by Crippen LogP contribution is -2.48. The molecule has 0 bridgehead atoms. The number of amides is 1. The number of nitrogens with one attached hydrogen (secondary N) is 1.